The summed E-state index contributed by atoms with van der Waals surface area (Å²) >= 11 is 5.91. The molecule has 0 aromatic heterocycles. The second-order valence-corrected chi connectivity index (χ2v) is 3.57. The molecule has 1 rings (SSSR count). The van der Waals surface area contributed by atoms with Crippen molar-refractivity contribution in [1.82, 2.24) is 0 Å². The summed E-state index contributed by atoms with van der Waals surface area (Å²) in [5.74, 6) is -0.0125. The van der Waals surface area contributed by atoms with Crippen molar-refractivity contribution in [3.05, 3.63) is 28.0 Å². The number of halogens is 2. The van der Waals surface area contributed by atoms with Gasteiger partial charge in [0, 0.05) is 12.0 Å². The molecule has 0 saturated heterocycles. The average molecular weight is 228 g/mol. The van der Waals surface area contributed by atoms with Crippen LogP contribution in [0.5, 0.6) is 5.75 Å². The molecule has 1 aromatic carbocycles. The van der Waals surface area contributed by atoms with E-state index < -0.39 is 0 Å². The fourth-order valence-corrected chi connectivity index (χ4v) is 1.78. The minimum Gasteiger partial charge on any atom is -0.495 e. The summed E-state index contributed by atoms with van der Waals surface area (Å²) in [5.41, 5.74) is 0.845. The highest BCUT2D eigenvalue weighted by Gasteiger charge is 2.15. The quantitative estimate of drug-likeness (QED) is 0.794. The van der Waals surface area contributed by atoms with Crippen molar-refractivity contribution in [3.8, 4) is 11.8 Å². The van der Waals surface area contributed by atoms with Gasteiger partial charge >= 0.3 is 0 Å². The smallest absolute Gasteiger partial charge is 0.143 e. The van der Waals surface area contributed by atoms with Gasteiger partial charge in [-0.2, -0.15) is 5.26 Å². The van der Waals surface area contributed by atoms with E-state index in [1.807, 2.05) is 6.07 Å². The summed E-state index contributed by atoms with van der Waals surface area (Å²) in [6, 6.07) is 3.49. The third kappa shape index (κ3) is 2.40. The van der Waals surface area contributed by atoms with E-state index in [1.54, 1.807) is 6.92 Å². The van der Waals surface area contributed by atoms with E-state index >= 15 is 0 Å². The SMILES string of the molecule is COc1c(Cl)cc(C)c(F)c1CCC#N. The van der Waals surface area contributed by atoms with E-state index in [-0.39, 0.29) is 12.2 Å². The topological polar surface area (TPSA) is 33.0 Å². The fourth-order valence-electron chi connectivity index (χ4n) is 1.43. The lowest BCUT2D eigenvalue weighted by molar-refractivity contribution is 0.404. The number of rotatable bonds is 3. The monoisotopic (exact) mass is 227 g/mol. The maximum Gasteiger partial charge on any atom is 0.143 e. The molecule has 1 aromatic rings. The molecule has 0 bridgehead atoms. The Morgan fingerprint density at radius 3 is 2.80 bits per heavy atom. The van der Waals surface area contributed by atoms with Crippen molar-refractivity contribution in [2.24, 2.45) is 0 Å². The lowest BCUT2D eigenvalue weighted by atomic mass is 10.0. The summed E-state index contributed by atoms with van der Waals surface area (Å²) in [7, 11) is 1.44. The second kappa shape index (κ2) is 4.99. The van der Waals surface area contributed by atoms with E-state index in [4.69, 9.17) is 21.6 Å². The van der Waals surface area contributed by atoms with Crippen LogP contribution < -0.4 is 4.74 Å². The average Bonchev–Trinajstić information content (AvgIpc) is 2.21. The highest BCUT2D eigenvalue weighted by atomic mass is 35.5. The molecule has 15 heavy (non-hydrogen) atoms. The van der Waals surface area contributed by atoms with Crippen molar-refractivity contribution < 1.29 is 9.13 Å². The zero-order valence-electron chi connectivity index (χ0n) is 8.60. The Balaban J connectivity index is 3.25. The van der Waals surface area contributed by atoms with Crippen LogP contribution in [0.2, 0.25) is 5.02 Å². The summed E-state index contributed by atoms with van der Waals surface area (Å²) in [6.45, 7) is 1.64. The highest BCUT2D eigenvalue weighted by Crippen LogP contribution is 2.33. The summed E-state index contributed by atoms with van der Waals surface area (Å²) in [5, 5.41) is 8.85. The van der Waals surface area contributed by atoms with E-state index in [0.29, 0.717) is 28.3 Å². The van der Waals surface area contributed by atoms with Crippen molar-refractivity contribution in [3.63, 3.8) is 0 Å². The van der Waals surface area contributed by atoms with Crippen molar-refractivity contribution >= 4 is 11.6 Å². The van der Waals surface area contributed by atoms with Gasteiger partial charge in [0.05, 0.1) is 18.2 Å². The van der Waals surface area contributed by atoms with Crippen molar-refractivity contribution in [2.45, 2.75) is 19.8 Å². The number of nitriles is 1. The van der Waals surface area contributed by atoms with E-state index in [0.717, 1.165) is 0 Å². The molecule has 80 valence electrons. The maximum atomic E-state index is 13.7. The molecule has 0 fully saturated rings. The van der Waals surface area contributed by atoms with Crippen molar-refractivity contribution in [2.75, 3.05) is 7.11 Å². The molecule has 0 amide bonds. The van der Waals surface area contributed by atoms with Gasteiger partial charge in [0.15, 0.2) is 0 Å². The van der Waals surface area contributed by atoms with Crippen LogP contribution in [0.4, 0.5) is 4.39 Å². The Labute approximate surface area is 93.2 Å². The van der Waals surface area contributed by atoms with E-state index in [1.165, 1.54) is 13.2 Å². The lowest BCUT2D eigenvalue weighted by Gasteiger charge is -2.12. The Hall–Kier alpha value is -1.27. The molecule has 0 aliphatic rings. The lowest BCUT2D eigenvalue weighted by Crippen LogP contribution is -1.99. The van der Waals surface area contributed by atoms with Gasteiger partial charge in [-0.05, 0) is 25.0 Å². The van der Waals surface area contributed by atoms with E-state index in [2.05, 4.69) is 0 Å². The van der Waals surface area contributed by atoms with Crippen LogP contribution in [0.15, 0.2) is 6.07 Å². The molecule has 0 heterocycles. The molecule has 0 spiro atoms. The minimum absolute atomic E-state index is 0.243. The minimum atomic E-state index is -0.341. The number of hydrogen-bond donors (Lipinski definition) is 0. The third-order valence-corrected chi connectivity index (χ3v) is 2.42. The Bertz CT molecular complexity index is 412. The first-order valence-corrected chi connectivity index (χ1v) is 4.88. The van der Waals surface area contributed by atoms with Crippen LogP contribution >= 0.6 is 11.6 Å². The molecular weight excluding hydrogens is 217 g/mol. The largest absolute Gasteiger partial charge is 0.495 e. The van der Waals surface area contributed by atoms with Gasteiger partial charge in [0.1, 0.15) is 11.6 Å². The summed E-state index contributed by atoms with van der Waals surface area (Å²) < 4.78 is 18.7. The zero-order chi connectivity index (χ0) is 11.4. The number of benzene rings is 1. The Morgan fingerprint density at radius 2 is 2.27 bits per heavy atom. The van der Waals surface area contributed by atoms with Crippen LogP contribution in [-0.4, -0.2) is 7.11 Å². The van der Waals surface area contributed by atoms with Gasteiger partial charge in [0.2, 0.25) is 0 Å². The molecular formula is C11H11ClFNO. The fraction of sp³-hybridized carbons (Fsp3) is 0.364. The van der Waals surface area contributed by atoms with Crippen LogP contribution in [0.1, 0.15) is 17.5 Å². The predicted molar refractivity (Wildman–Crippen MR) is 56.6 cm³/mol. The highest BCUT2D eigenvalue weighted by molar-refractivity contribution is 6.32. The molecule has 4 heteroatoms. The van der Waals surface area contributed by atoms with Crippen LogP contribution in [0.25, 0.3) is 0 Å². The first-order valence-electron chi connectivity index (χ1n) is 4.50. The second-order valence-electron chi connectivity index (χ2n) is 3.16. The molecule has 2 nitrogen and oxygen atoms in total. The van der Waals surface area contributed by atoms with Gasteiger partial charge in [0.25, 0.3) is 0 Å². The molecule has 0 atom stereocenters. The van der Waals surface area contributed by atoms with Crippen molar-refractivity contribution in [1.29, 1.82) is 5.26 Å². The zero-order valence-corrected chi connectivity index (χ0v) is 9.36. The molecule has 0 radical (unpaired) electrons. The Kier molecular flexibility index (Phi) is 3.93. The predicted octanol–water partition coefficient (Wildman–Crippen LogP) is 3.25. The number of methoxy groups -OCH3 is 1. The normalized spacial score (nSPS) is 9.80. The Morgan fingerprint density at radius 1 is 1.60 bits per heavy atom. The molecule has 0 aliphatic carbocycles. The number of aryl methyl sites for hydroxylation is 1. The molecule has 0 unspecified atom stereocenters. The number of ether oxygens (including phenoxy) is 1. The first kappa shape index (κ1) is 11.8. The number of nitrogens with zero attached hydrogens (tertiary/aromatic N) is 1. The van der Waals surface area contributed by atoms with Gasteiger partial charge in [-0.1, -0.05) is 11.6 Å². The maximum absolute atomic E-state index is 13.7. The summed E-state index contributed by atoms with van der Waals surface area (Å²) in [6.07, 6.45) is 0.556. The van der Waals surface area contributed by atoms with Gasteiger partial charge in [-0.3, -0.25) is 0 Å². The summed E-state index contributed by atoms with van der Waals surface area (Å²) in [4.78, 5) is 0. The van der Waals surface area contributed by atoms with Crippen LogP contribution in [0, 0.1) is 24.1 Å². The molecule has 0 N–H and O–H groups in total. The van der Waals surface area contributed by atoms with E-state index in [9.17, 15) is 4.39 Å². The third-order valence-electron chi connectivity index (χ3n) is 2.14. The molecule has 0 aliphatic heterocycles. The standard InChI is InChI=1S/C11H11ClFNO/c1-7-6-9(12)11(15-2)8(10(7)13)4-3-5-14/h6H,3-4H2,1-2H3. The van der Waals surface area contributed by atoms with Gasteiger partial charge in [-0.15, -0.1) is 0 Å². The van der Waals surface area contributed by atoms with Gasteiger partial charge in [-0.25, -0.2) is 4.39 Å². The van der Waals surface area contributed by atoms with Gasteiger partial charge < -0.3 is 4.74 Å². The first-order chi connectivity index (χ1) is 7.11. The number of hydrogen-bond acceptors (Lipinski definition) is 2. The van der Waals surface area contributed by atoms with Crippen LogP contribution in [0.3, 0.4) is 0 Å². The molecule has 0 saturated carbocycles. The van der Waals surface area contributed by atoms with Crippen LogP contribution in [-0.2, 0) is 6.42 Å².